The minimum Gasteiger partial charge on any atom is -0.316 e. The molecule has 3 rings (SSSR count). The second-order valence-corrected chi connectivity index (χ2v) is 5.65. The van der Waals surface area contributed by atoms with E-state index in [9.17, 15) is 0 Å². The van der Waals surface area contributed by atoms with E-state index < -0.39 is 0 Å². The van der Waals surface area contributed by atoms with Crippen molar-refractivity contribution < 1.29 is 0 Å². The van der Waals surface area contributed by atoms with E-state index in [1.165, 1.54) is 44.3 Å². The first-order chi connectivity index (χ1) is 7.90. The molecule has 1 aliphatic heterocycles. The maximum absolute atomic E-state index is 3.57. The third-order valence-electron chi connectivity index (χ3n) is 4.23. The minimum absolute atomic E-state index is 0.938. The van der Waals surface area contributed by atoms with Crippen LogP contribution in [0.25, 0.3) is 0 Å². The van der Waals surface area contributed by atoms with E-state index in [4.69, 9.17) is 0 Å². The molecule has 1 aromatic rings. The smallest absolute Gasteiger partial charge is 0.00202 e. The molecule has 2 fully saturated rings. The Labute approximate surface area is 98.3 Å². The van der Waals surface area contributed by atoms with E-state index in [2.05, 4.69) is 35.6 Å². The van der Waals surface area contributed by atoms with Crippen LogP contribution in [0, 0.1) is 17.8 Å². The fourth-order valence-corrected chi connectivity index (χ4v) is 3.64. The van der Waals surface area contributed by atoms with Crippen LogP contribution in [0.1, 0.15) is 24.8 Å². The fourth-order valence-electron chi connectivity index (χ4n) is 3.64. The Hall–Kier alpha value is -0.820. The van der Waals surface area contributed by atoms with Crippen LogP contribution in [0.15, 0.2) is 30.3 Å². The van der Waals surface area contributed by atoms with Gasteiger partial charge in [-0.3, -0.25) is 0 Å². The topological polar surface area (TPSA) is 12.0 Å². The van der Waals surface area contributed by atoms with Crippen molar-refractivity contribution in [2.75, 3.05) is 13.1 Å². The maximum atomic E-state index is 3.57. The number of hydrogen-bond acceptors (Lipinski definition) is 1. The standard InChI is InChI=1S/C15H21N/c1-2-4-12(5-3-1)6-13-7-14-9-15(8-13)11-16-10-14/h1-5,13-16H,6-11H2. The van der Waals surface area contributed by atoms with Crippen molar-refractivity contribution >= 4 is 0 Å². The third-order valence-corrected chi connectivity index (χ3v) is 4.23. The highest BCUT2D eigenvalue weighted by molar-refractivity contribution is 5.15. The number of hydrogen-bond donors (Lipinski definition) is 1. The van der Waals surface area contributed by atoms with Crippen molar-refractivity contribution in [1.82, 2.24) is 5.32 Å². The zero-order valence-electron chi connectivity index (χ0n) is 9.86. The summed E-state index contributed by atoms with van der Waals surface area (Å²) in [6, 6.07) is 11.0. The molecule has 1 N–H and O–H groups in total. The van der Waals surface area contributed by atoms with Gasteiger partial charge in [-0.1, -0.05) is 30.3 Å². The quantitative estimate of drug-likeness (QED) is 0.800. The molecule has 0 amide bonds. The number of piperidine rings is 1. The van der Waals surface area contributed by atoms with E-state index in [-0.39, 0.29) is 0 Å². The zero-order valence-corrected chi connectivity index (χ0v) is 9.86. The van der Waals surface area contributed by atoms with Gasteiger partial charge in [0.05, 0.1) is 0 Å². The first kappa shape index (κ1) is 10.3. The number of nitrogens with one attached hydrogen (secondary N) is 1. The lowest BCUT2D eigenvalue weighted by Gasteiger charge is -2.39. The van der Waals surface area contributed by atoms with E-state index in [0.717, 1.165) is 17.8 Å². The van der Waals surface area contributed by atoms with Gasteiger partial charge in [-0.2, -0.15) is 0 Å². The Morgan fingerprint density at radius 1 is 0.938 bits per heavy atom. The van der Waals surface area contributed by atoms with Crippen LogP contribution >= 0.6 is 0 Å². The normalized spacial score (nSPS) is 33.6. The highest BCUT2D eigenvalue weighted by Gasteiger charge is 2.31. The third kappa shape index (κ3) is 2.30. The van der Waals surface area contributed by atoms with E-state index in [0.29, 0.717) is 0 Å². The molecule has 1 aliphatic carbocycles. The summed E-state index contributed by atoms with van der Waals surface area (Å²) in [6.07, 6.45) is 5.67. The van der Waals surface area contributed by atoms with Gasteiger partial charge in [0.1, 0.15) is 0 Å². The van der Waals surface area contributed by atoms with Crippen molar-refractivity contribution in [3.63, 3.8) is 0 Å². The van der Waals surface area contributed by atoms with Gasteiger partial charge in [-0.25, -0.2) is 0 Å². The summed E-state index contributed by atoms with van der Waals surface area (Å²) in [5.74, 6) is 2.86. The SMILES string of the molecule is c1ccc(CC2CC3CNCC(C3)C2)cc1. The Morgan fingerprint density at radius 3 is 2.31 bits per heavy atom. The number of benzene rings is 1. The fraction of sp³-hybridized carbons (Fsp3) is 0.600. The van der Waals surface area contributed by atoms with Crippen molar-refractivity contribution in [2.24, 2.45) is 17.8 Å². The number of rotatable bonds is 2. The van der Waals surface area contributed by atoms with Crippen LogP contribution in [0.2, 0.25) is 0 Å². The molecular weight excluding hydrogens is 194 g/mol. The largest absolute Gasteiger partial charge is 0.316 e. The zero-order chi connectivity index (χ0) is 10.8. The molecule has 1 aromatic carbocycles. The van der Waals surface area contributed by atoms with Gasteiger partial charge in [0, 0.05) is 0 Å². The molecule has 0 radical (unpaired) electrons. The lowest BCUT2D eigenvalue weighted by molar-refractivity contribution is 0.152. The summed E-state index contributed by atoms with van der Waals surface area (Å²) < 4.78 is 0. The van der Waals surface area contributed by atoms with Crippen molar-refractivity contribution in [3.8, 4) is 0 Å². The summed E-state index contributed by atoms with van der Waals surface area (Å²) >= 11 is 0. The highest BCUT2D eigenvalue weighted by Crippen LogP contribution is 2.36. The average molecular weight is 215 g/mol. The summed E-state index contributed by atoms with van der Waals surface area (Å²) in [5, 5.41) is 3.57. The van der Waals surface area contributed by atoms with E-state index in [1.807, 2.05) is 0 Å². The predicted molar refractivity (Wildman–Crippen MR) is 67.3 cm³/mol. The Kier molecular flexibility index (Phi) is 2.96. The Bertz CT molecular complexity index is 321. The molecule has 1 heterocycles. The lowest BCUT2D eigenvalue weighted by Crippen LogP contribution is -2.41. The predicted octanol–water partition coefficient (Wildman–Crippen LogP) is 2.86. The van der Waals surface area contributed by atoms with Crippen molar-refractivity contribution in [1.29, 1.82) is 0 Å². The molecule has 1 nitrogen and oxygen atoms in total. The molecule has 86 valence electrons. The second kappa shape index (κ2) is 4.58. The van der Waals surface area contributed by atoms with Crippen LogP contribution in [-0.2, 0) is 6.42 Å². The minimum atomic E-state index is 0.938. The van der Waals surface area contributed by atoms with Crippen molar-refractivity contribution in [2.45, 2.75) is 25.7 Å². The van der Waals surface area contributed by atoms with Gasteiger partial charge in [-0.15, -0.1) is 0 Å². The molecule has 0 spiro atoms. The second-order valence-electron chi connectivity index (χ2n) is 5.65. The van der Waals surface area contributed by atoms with Gasteiger partial charge >= 0.3 is 0 Å². The molecule has 2 unspecified atom stereocenters. The molecule has 2 aliphatic rings. The average Bonchev–Trinajstić information content (AvgIpc) is 2.30. The van der Waals surface area contributed by atoms with E-state index >= 15 is 0 Å². The van der Waals surface area contributed by atoms with Gasteiger partial charge in [0.15, 0.2) is 0 Å². The molecule has 2 atom stereocenters. The summed E-state index contributed by atoms with van der Waals surface area (Å²) in [4.78, 5) is 0. The maximum Gasteiger partial charge on any atom is -0.00202 e. The molecule has 16 heavy (non-hydrogen) atoms. The monoisotopic (exact) mass is 215 g/mol. The lowest BCUT2D eigenvalue weighted by atomic mass is 9.71. The van der Waals surface area contributed by atoms with Crippen LogP contribution in [-0.4, -0.2) is 13.1 Å². The molecule has 1 heteroatoms. The molecule has 1 saturated carbocycles. The first-order valence-corrected chi connectivity index (χ1v) is 6.65. The molecule has 0 aromatic heterocycles. The molecule has 1 saturated heterocycles. The van der Waals surface area contributed by atoms with Gasteiger partial charge in [0.25, 0.3) is 0 Å². The Balaban J connectivity index is 1.63. The number of fused-ring (bicyclic) bond motifs is 2. The van der Waals surface area contributed by atoms with Crippen LogP contribution in [0.5, 0.6) is 0 Å². The molecule has 2 bridgehead atoms. The van der Waals surface area contributed by atoms with Crippen LogP contribution in [0.3, 0.4) is 0 Å². The van der Waals surface area contributed by atoms with E-state index in [1.54, 1.807) is 0 Å². The first-order valence-electron chi connectivity index (χ1n) is 6.65. The highest BCUT2D eigenvalue weighted by atomic mass is 14.9. The van der Waals surface area contributed by atoms with Crippen LogP contribution in [0.4, 0.5) is 0 Å². The van der Waals surface area contributed by atoms with Crippen molar-refractivity contribution in [3.05, 3.63) is 35.9 Å². The Morgan fingerprint density at radius 2 is 1.62 bits per heavy atom. The summed E-state index contributed by atoms with van der Waals surface area (Å²) in [6.45, 7) is 2.53. The van der Waals surface area contributed by atoms with Gasteiger partial charge in [0.2, 0.25) is 0 Å². The van der Waals surface area contributed by atoms with Gasteiger partial charge < -0.3 is 5.32 Å². The summed E-state index contributed by atoms with van der Waals surface area (Å²) in [7, 11) is 0. The van der Waals surface area contributed by atoms with Crippen LogP contribution < -0.4 is 5.32 Å². The molecular formula is C15H21N. The van der Waals surface area contributed by atoms with Gasteiger partial charge in [-0.05, 0) is 62.1 Å². The summed E-state index contributed by atoms with van der Waals surface area (Å²) in [5.41, 5.74) is 1.53.